The molecule has 242 valence electrons. The lowest BCUT2D eigenvalue weighted by molar-refractivity contribution is -0.156. The Kier molecular flexibility index (Phi) is 7.98. The number of ether oxygens (including phenoxy) is 3. The number of hydrogen-bond acceptors (Lipinski definition) is 9. The van der Waals surface area contributed by atoms with E-state index in [0.29, 0.717) is 17.9 Å². The van der Waals surface area contributed by atoms with Gasteiger partial charge in [0.25, 0.3) is 0 Å². The molecule has 9 nitrogen and oxygen atoms in total. The normalized spacial score (nSPS) is 41.1. The Balaban J connectivity index is 1.05. The van der Waals surface area contributed by atoms with E-state index in [4.69, 9.17) is 14.2 Å². The molecular weight excluding hydrogens is 560 g/mol. The van der Waals surface area contributed by atoms with Gasteiger partial charge in [-0.15, -0.1) is 0 Å². The van der Waals surface area contributed by atoms with E-state index in [1.165, 1.54) is 6.42 Å². The van der Waals surface area contributed by atoms with Gasteiger partial charge in [-0.2, -0.15) is 0 Å². The lowest BCUT2D eigenvalue weighted by Crippen LogP contribution is -2.57. The van der Waals surface area contributed by atoms with E-state index in [1.807, 2.05) is 0 Å². The maximum absolute atomic E-state index is 13.6. The number of rotatable bonds is 6. The third-order valence-corrected chi connectivity index (χ3v) is 13.0. The van der Waals surface area contributed by atoms with Gasteiger partial charge in [0.15, 0.2) is 11.5 Å². The molecule has 8 atom stereocenters. The molecule has 2 aliphatic heterocycles. The van der Waals surface area contributed by atoms with Crippen LogP contribution in [0.25, 0.3) is 0 Å². The third-order valence-electron chi connectivity index (χ3n) is 13.0. The highest BCUT2D eigenvalue weighted by atomic mass is 16.7. The average Bonchev–Trinajstić information content (AvgIpc) is 3.61. The summed E-state index contributed by atoms with van der Waals surface area (Å²) in [6.45, 7) is 7.85. The van der Waals surface area contributed by atoms with Crippen molar-refractivity contribution in [2.45, 2.75) is 90.4 Å². The topological polar surface area (TPSA) is 106 Å². The van der Waals surface area contributed by atoms with Crippen molar-refractivity contribution in [1.82, 2.24) is 9.80 Å². The number of fused-ring (bicyclic) bond motifs is 6. The largest absolute Gasteiger partial charge is 0.457 e. The summed E-state index contributed by atoms with van der Waals surface area (Å²) in [7, 11) is 2.08. The van der Waals surface area contributed by atoms with Crippen LogP contribution < -0.4 is 0 Å². The predicted molar refractivity (Wildman–Crippen MR) is 162 cm³/mol. The second-order valence-corrected chi connectivity index (χ2v) is 15.3. The molecule has 4 saturated carbocycles. The van der Waals surface area contributed by atoms with Crippen molar-refractivity contribution in [3.63, 3.8) is 0 Å². The number of hydrogen-bond donors (Lipinski definition) is 1. The van der Waals surface area contributed by atoms with E-state index in [0.717, 1.165) is 83.1 Å². The second kappa shape index (κ2) is 11.5. The second-order valence-electron chi connectivity index (χ2n) is 15.3. The molecule has 0 aromatic carbocycles. The van der Waals surface area contributed by atoms with Crippen LogP contribution in [0, 0.1) is 40.4 Å². The molecule has 3 unspecified atom stereocenters. The highest BCUT2D eigenvalue weighted by Crippen LogP contribution is 2.68. The van der Waals surface area contributed by atoms with Crippen LogP contribution in [0.3, 0.4) is 0 Å². The van der Waals surface area contributed by atoms with Crippen molar-refractivity contribution in [1.29, 1.82) is 0 Å². The number of allylic oxidation sites excluding steroid dienone is 2. The summed E-state index contributed by atoms with van der Waals surface area (Å²) in [5.41, 5.74) is 0.0892. The van der Waals surface area contributed by atoms with E-state index in [1.54, 1.807) is 6.08 Å². The van der Waals surface area contributed by atoms with Gasteiger partial charge in [0.2, 0.25) is 17.8 Å². The SMILES string of the molecule is CN1CCN(CC(=O)OCC(=O)[C@H]2CCC3C4CCC5=CC(=O)C6=C(O[C@@H](C7CCCCC7)O6)[C@]5(C)C4[C@@H](O)C[C@@]32C)CC1. The molecule has 2 heterocycles. The van der Waals surface area contributed by atoms with E-state index in [-0.39, 0.29) is 65.7 Å². The molecule has 0 aromatic heterocycles. The standard InChI is InChI=1S/C35H50N2O7/c1-34-18-27(39)30-23(24(34)11-12-25(34)28(40)20-42-29(41)19-37-15-13-36(3)14-16-37)10-9-22-17-26(38)31-32(35(22,30)2)44-33(43-31)21-7-5-4-6-8-21/h17,21,23-25,27,30,33,39H,4-16,18-20H2,1-3H3/t23?,24?,25-,27+,30?,33+,34+,35+/m1/s1. The quantitative estimate of drug-likeness (QED) is 0.449. The van der Waals surface area contributed by atoms with Crippen molar-refractivity contribution >= 4 is 17.5 Å². The van der Waals surface area contributed by atoms with E-state index >= 15 is 0 Å². The van der Waals surface area contributed by atoms with E-state index < -0.39 is 17.8 Å². The maximum atomic E-state index is 13.6. The maximum Gasteiger partial charge on any atom is 0.320 e. The molecule has 5 fully saturated rings. The van der Waals surface area contributed by atoms with Gasteiger partial charge in [-0.05, 0) is 82.2 Å². The lowest BCUT2D eigenvalue weighted by Gasteiger charge is -2.59. The first-order valence-electron chi connectivity index (χ1n) is 17.2. The molecule has 0 radical (unpaired) electrons. The average molecular weight is 611 g/mol. The zero-order valence-corrected chi connectivity index (χ0v) is 26.7. The first-order valence-corrected chi connectivity index (χ1v) is 17.2. The number of nitrogens with zero attached hydrogens (tertiary/aromatic N) is 2. The Morgan fingerprint density at radius 2 is 1.77 bits per heavy atom. The summed E-state index contributed by atoms with van der Waals surface area (Å²) in [5, 5.41) is 12.0. The van der Waals surface area contributed by atoms with Crippen LogP contribution >= 0.6 is 0 Å². The van der Waals surface area contributed by atoms with E-state index in [9.17, 15) is 19.5 Å². The summed E-state index contributed by atoms with van der Waals surface area (Å²) in [6.07, 6.45) is 10.2. The summed E-state index contributed by atoms with van der Waals surface area (Å²) in [5.74, 6) is 0.926. The number of esters is 1. The fourth-order valence-electron chi connectivity index (χ4n) is 10.6. The smallest absolute Gasteiger partial charge is 0.320 e. The number of aliphatic hydroxyl groups excluding tert-OH is 1. The lowest BCUT2D eigenvalue weighted by atomic mass is 9.46. The van der Waals surface area contributed by atoms with Gasteiger partial charge in [0.05, 0.1) is 18.1 Å². The fraction of sp³-hybridized carbons (Fsp3) is 0.800. The molecule has 9 heteroatoms. The molecule has 7 rings (SSSR count). The minimum atomic E-state index is -0.651. The number of ketones is 2. The van der Waals surface area contributed by atoms with Gasteiger partial charge in [-0.1, -0.05) is 31.8 Å². The molecule has 7 aliphatic rings. The van der Waals surface area contributed by atoms with Gasteiger partial charge in [-0.3, -0.25) is 19.3 Å². The van der Waals surface area contributed by atoms with Crippen LogP contribution in [0.4, 0.5) is 0 Å². The third kappa shape index (κ3) is 4.96. The monoisotopic (exact) mass is 610 g/mol. The summed E-state index contributed by atoms with van der Waals surface area (Å²) >= 11 is 0. The van der Waals surface area contributed by atoms with Crippen molar-refractivity contribution in [3.05, 3.63) is 23.2 Å². The molecule has 0 bridgehead atoms. The number of Topliss-reactive ketones (excluding diaryl/α,β-unsaturated/α-hetero) is 1. The molecule has 1 saturated heterocycles. The molecule has 1 N–H and O–H groups in total. The minimum absolute atomic E-state index is 0.0221. The fourth-order valence-corrected chi connectivity index (χ4v) is 10.6. The van der Waals surface area contributed by atoms with Crippen LogP contribution in [0.1, 0.15) is 78.1 Å². The van der Waals surface area contributed by atoms with Crippen LogP contribution in [0.5, 0.6) is 0 Å². The summed E-state index contributed by atoms with van der Waals surface area (Å²) < 4.78 is 18.4. The zero-order chi connectivity index (χ0) is 30.8. The summed E-state index contributed by atoms with van der Waals surface area (Å²) in [4.78, 5) is 43.8. The molecule has 44 heavy (non-hydrogen) atoms. The molecular formula is C35H50N2O7. The first-order chi connectivity index (χ1) is 21.1. The highest BCUT2D eigenvalue weighted by molar-refractivity contribution is 6.05. The van der Waals surface area contributed by atoms with Crippen molar-refractivity contribution in [2.24, 2.45) is 40.4 Å². The van der Waals surface area contributed by atoms with Crippen molar-refractivity contribution in [3.8, 4) is 0 Å². The predicted octanol–water partition coefficient (Wildman–Crippen LogP) is 3.85. The number of likely N-dealkylation sites (N-methyl/N-ethyl adjacent to an activating group) is 1. The van der Waals surface area contributed by atoms with Gasteiger partial charge >= 0.3 is 5.97 Å². The zero-order valence-electron chi connectivity index (χ0n) is 26.7. The van der Waals surface area contributed by atoms with Crippen LogP contribution in [0.15, 0.2) is 23.2 Å². The van der Waals surface area contributed by atoms with Crippen LogP contribution in [-0.2, 0) is 28.6 Å². The summed E-state index contributed by atoms with van der Waals surface area (Å²) in [6, 6.07) is 0. The number of carbonyl (C=O) groups excluding carboxylic acids is 3. The Hall–Kier alpha value is -2.23. The van der Waals surface area contributed by atoms with Crippen molar-refractivity contribution < 1.29 is 33.7 Å². The van der Waals surface area contributed by atoms with Gasteiger partial charge in [-0.25, -0.2) is 0 Å². The van der Waals surface area contributed by atoms with Gasteiger partial charge in [0.1, 0.15) is 6.61 Å². The van der Waals surface area contributed by atoms with Gasteiger partial charge in [0, 0.05) is 43.9 Å². The van der Waals surface area contributed by atoms with Crippen molar-refractivity contribution in [2.75, 3.05) is 46.4 Å². The van der Waals surface area contributed by atoms with E-state index in [2.05, 4.69) is 30.7 Å². The number of piperazine rings is 1. The van der Waals surface area contributed by atoms with Crippen LogP contribution in [0.2, 0.25) is 0 Å². The Bertz CT molecular complexity index is 1250. The van der Waals surface area contributed by atoms with Gasteiger partial charge < -0.3 is 24.2 Å². The number of aliphatic hydroxyl groups is 1. The molecule has 0 spiro atoms. The Morgan fingerprint density at radius 1 is 1.02 bits per heavy atom. The van der Waals surface area contributed by atoms with Crippen LogP contribution in [-0.4, -0.2) is 91.2 Å². The molecule has 0 amide bonds. The molecule has 5 aliphatic carbocycles. The Morgan fingerprint density at radius 3 is 2.52 bits per heavy atom. The number of carbonyl (C=O) groups is 3. The first kappa shape index (κ1) is 30.4. The molecule has 0 aromatic rings. The Labute approximate surface area is 261 Å². The minimum Gasteiger partial charge on any atom is -0.457 e. The highest BCUT2D eigenvalue weighted by Gasteiger charge is 2.66.